The molecule has 0 aliphatic heterocycles. The predicted octanol–water partition coefficient (Wildman–Crippen LogP) is 6.51. The van der Waals surface area contributed by atoms with Crippen molar-refractivity contribution in [2.75, 3.05) is 0 Å². The number of nitrogens with one attached hydrogen (secondary N) is 1. The summed E-state index contributed by atoms with van der Waals surface area (Å²) in [4.78, 5) is 17.1. The van der Waals surface area contributed by atoms with Crippen LogP contribution in [0.5, 0.6) is 5.88 Å². The number of benzene rings is 1. The molecule has 0 bridgehead atoms. The van der Waals surface area contributed by atoms with E-state index in [2.05, 4.69) is 22.4 Å². The number of amides is 1. The average molecular weight is 473 g/mol. The Hall–Kier alpha value is -2.56. The fourth-order valence-corrected chi connectivity index (χ4v) is 3.23. The molecule has 0 radical (unpaired) electrons. The molecule has 0 aliphatic carbocycles. The molecule has 1 aromatic heterocycles. The topological polar surface area (TPSA) is 51.2 Å². The van der Waals surface area contributed by atoms with Gasteiger partial charge in [-0.1, -0.05) is 71.8 Å². The number of carbonyl (C=O) groups is 1. The molecular weight excluding hydrogens is 443 g/mol. The van der Waals surface area contributed by atoms with Crippen LogP contribution in [-0.4, -0.2) is 22.5 Å². The first-order valence-electron chi connectivity index (χ1n) is 10.5. The van der Waals surface area contributed by atoms with Crippen LogP contribution in [-0.2, 0) is 11.2 Å². The maximum atomic E-state index is 13.0. The Morgan fingerprint density at radius 3 is 2.56 bits per heavy atom. The van der Waals surface area contributed by atoms with Gasteiger partial charge in [-0.05, 0) is 57.9 Å². The van der Waals surface area contributed by atoms with E-state index in [-0.39, 0.29) is 17.9 Å². The second-order valence-corrected chi connectivity index (χ2v) is 8.85. The van der Waals surface area contributed by atoms with Crippen molar-refractivity contribution in [3.8, 4) is 5.88 Å². The van der Waals surface area contributed by atoms with Gasteiger partial charge in [0.1, 0.15) is 0 Å². The fourth-order valence-electron chi connectivity index (χ4n) is 2.97. The van der Waals surface area contributed by atoms with Crippen molar-refractivity contribution >= 4 is 29.1 Å². The van der Waals surface area contributed by atoms with Crippen LogP contribution in [0.4, 0.5) is 0 Å². The van der Waals surface area contributed by atoms with Crippen LogP contribution in [0.3, 0.4) is 0 Å². The largest absolute Gasteiger partial charge is 0.462 e. The first-order valence-corrected chi connectivity index (χ1v) is 11.3. The SMILES string of the molecule is C\C=C/C=C(Cl)\C=C\C(Cc1ccccc1)C(C)NC(=O)C(C)(C)Oc1ccc(Cl)cn1. The van der Waals surface area contributed by atoms with Gasteiger partial charge in [0, 0.05) is 29.3 Å². The maximum Gasteiger partial charge on any atom is 0.263 e. The number of halogens is 2. The van der Waals surface area contributed by atoms with E-state index in [9.17, 15) is 4.79 Å². The minimum atomic E-state index is -1.11. The summed E-state index contributed by atoms with van der Waals surface area (Å²) in [5.74, 6) is 0.131. The van der Waals surface area contributed by atoms with Gasteiger partial charge in [0.25, 0.3) is 5.91 Å². The van der Waals surface area contributed by atoms with Crippen LogP contribution in [0.1, 0.15) is 33.3 Å². The Bertz CT molecular complexity index is 952. The summed E-state index contributed by atoms with van der Waals surface area (Å²) in [7, 11) is 0. The number of nitrogens with zero attached hydrogens (tertiary/aromatic N) is 1. The molecule has 1 aromatic carbocycles. The molecule has 1 heterocycles. The minimum absolute atomic E-state index is 0.0264. The standard InChI is InChI=1S/C26H30Cl2N2O2/c1-5-6-12-22(27)14-13-21(17-20-10-8-7-9-11-20)19(2)30-25(31)26(3,4)32-24-16-15-23(28)18-29-24/h5-16,18-19,21H,17H2,1-4H3,(H,30,31)/b6-5-,14-13+,22-12+. The quantitative estimate of drug-likeness (QED) is 0.400. The molecule has 0 fully saturated rings. The lowest BCUT2D eigenvalue weighted by molar-refractivity contribution is -0.135. The van der Waals surface area contributed by atoms with E-state index in [1.165, 1.54) is 11.8 Å². The number of aromatic nitrogens is 1. The number of hydrogen-bond donors (Lipinski definition) is 1. The summed E-state index contributed by atoms with van der Waals surface area (Å²) in [6.07, 6.45) is 11.8. The number of carbonyl (C=O) groups excluding carboxylic acids is 1. The second kappa shape index (κ2) is 12.5. The summed E-state index contributed by atoms with van der Waals surface area (Å²) < 4.78 is 5.82. The van der Waals surface area contributed by atoms with Crippen molar-refractivity contribution in [1.29, 1.82) is 0 Å². The van der Waals surface area contributed by atoms with Gasteiger partial charge in [-0.3, -0.25) is 4.79 Å². The highest BCUT2D eigenvalue weighted by Gasteiger charge is 2.32. The van der Waals surface area contributed by atoms with Crippen LogP contribution in [0.2, 0.25) is 5.02 Å². The molecule has 170 valence electrons. The Labute approximate surface area is 201 Å². The molecule has 0 saturated heterocycles. The van der Waals surface area contributed by atoms with Gasteiger partial charge < -0.3 is 10.1 Å². The van der Waals surface area contributed by atoms with E-state index in [1.807, 2.05) is 62.4 Å². The van der Waals surface area contributed by atoms with Gasteiger partial charge in [0.15, 0.2) is 5.60 Å². The highest BCUT2D eigenvalue weighted by Crippen LogP contribution is 2.20. The number of rotatable bonds is 10. The van der Waals surface area contributed by atoms with Crippen molar-refractivity contribution in [2.45, 2.75) is 45.8 Å². The van der Waals surface area contributed by atoms with Crippen LogP contribution in [0.15, 0.2) is 84.1 Å². The lowest BCUT2D eigenvalue weighted by Gasteiger charge is -2.29. The molecule has 1 amide bonds. The van der Waals surface area contributed by atoms with Crippen LogP contribution >= 0.6 is 23.2 Å². The third-order valence-corrected chi connectivity index (χ3v) is 5.35. The van der Waals surface area contributed by atoms with Crippen molar-refractivity contribution in [2.24, 2.45) is 5.92 Å². The summed E-state index contributed by atoms with van der Waals surface area (Å²) in [6, 6.07) is 13.3. The highest BCUT2D eigenvalue weighted by molar-refractivity contribution is 6.31. The van der Waals surface area contributed by atoms with Crippen molar-refractivity contribution < 1.29 is 9.53 Å². The van der Waals surface area contributed by atoms with E-state index in [4.69, 9.17) is 27.9 Å². The first kappa shape index (κ1) is 25.7. The summed E-state index contributed by atoms with van der Waals surface area (Å²) >= 11 is 12.2. The van der Waals surface area contributed by atoms with Crippen LogP contribution in [0, 0.1) is 5.92 Å². The van der Waals surface area contributed by atoms with Gasteiger partial charge in [0.05, 0.1) is 5.02 Å². The lowest BCUT2D eigenvalue weighted by Crippen LogP contribution is -2.51. The number of pyridine rings is 1. The van der Waals surface area contributed by atoms with Gasteiger partial charge in [0.2, 0.25) is 5.88 Å². The van der Waals surface area contributed by atoms with E-state index in [0.717, 1.165) is 6.42 Å². The second-order valence-electron chi connectivity index (χ2n) is 7.98. The van der Waals surface area contributed by atoms with Crippen molar-refractivity contribution in [3.05, 3.63) is 94.7 Å². The lowest BCUT2D eigenvalue weighted by atomic mass is 9.92. The van der Waals surface area contributed by atoms with Crippen LogP contribution < -0.4 is 10.1 Å². The fraction of sp³-hybridized carbons (Fsp3) is 0.308. The summed E-state index contributed by atoms with van der Waals surface area (Å²) in [5, 5.41) is 4.22. The molecule has 0 spiro atoms. The van der Waals surface area contributed by atoms with Crippen molar-refractivity contribution in [3.63, 3.8) is 0 Å². The molecule has 32 heavy (non-hydrogen) atoms. The molecule has 1 N–H and O–H groups in total. The van der Waals surface area contributed by atoms with E-state index >= 15 is 0 Å². The molecule has 2 atom stereocenters. The predicted molar refractivity (Wildman–Crippen MR) is 133 cm³/mol. The van der Waals surface area contributed by atoms with E-state index in [1.54, 1.807) is 26.0 Å². The number of ether oxygens (including phenoxy) is 1. The smallest absolute Gasteiger partial charge is 0.263 e. The maximum absolute atomic E-state index is 13.0. The Morgan fingerprint density at radius 1 is 1.22 bits per heavy atom. The van der Waals surface area contributed by atoms with Crippen LogP contribution in [0.25, 0.3) is 0 Å². The number of hydrogen-bond acceptors (Lipinski definition) is 3. The zero-order valence-electron chi connectivity index (χ0n) is 18.9. The Balaban J connectivity index is 2.14. The van der Waals surface area contributed by atoms with Gasteiger partial charge in [-0.15, -0.1) is 0 Å². The monoisotopic (exact) mass is 472 g/mol. The molecule has 2 rings (SSSR count). The Kier molecular flexibility index (Phi) is 10.0. The molecule has 6 heteroatoms. The minimum Gasteiger partial charge on any atom is -0.462 e. The average Bonchev–Trinajstić information content (AvgIpc) is 2.77. The van der Waals surface area contributed by atoms with Gasteiger partial charge in [-0.2, -0.15) is 0 Å². The summed E-state index contributed by atoms with van der Waals surface area (Å²) in [5.41, 5.74) is 0.0669. The first-order chi connectivity index (χ1) is 15.2. The zero-order chi connectivity index (χ0) is 23.6. The highest BCUT2D eigenvalue weighted by atomic mass is 35.5. The van der Waals surface area contributed by atoms with E-state index in [0.29, 0.717) is 15.9 Å². The number of allylic oxidation sites excluding steroid dienone is 5. The molecule has 0 aliphatic rings. The van der Waals surface area contributed by atoms with Gasteiger partial charge in [-0.25, -0.2) is 4.98 Å². The molecule has 2 aromatic rings. The molecule has 4 nitrogen and oxygen atoms in total. The Morgan fingerprint density at radius 2 is 1.94 bits per heavy atom. The van der Waals surface area contributed by atoms with Crippen molar-refractivity contribution in [1.82, 2.24) is 10.3 Å². The normalized spacial score (nSPS) is 14.5. The third-order valence-electron chi connectivity index (χ3n) is 4.87. The molecular formula is C26H30Cl2N2O2. The van der Waals surface area contributed by atoms with Gasteiger partial charge >= 0.3 is 0 Å². The summed E-state index contributed by atoms with van der Waals surface area (Å²) in [6.45, 7) is 7.34. The molecule has 0 saturated carbocycles. The molecule has 2 unspecified atom stereocenters. The zero-order valence-corrected chi connectivity index (χ0v) is 20.4. The third kappa shape index (κ3) is 8.52. The van der Waals surface area contributed by atoms with E-state index < -0.39 is 5.60 Å².